The van der Waals surface area contributed by atoms with Gasteiger partial charge in [0.15, 0.2) is 0 Å². The third-order valence-electron chi connectivity index (χ3n) is 5.68. The minimum atomic E-state index is -1.18. The van der Waals surface area contributed by atoms with E-state index in [-0.39, 0.29) is 17.9 Å². The second-order valence-electron chi connectivity index (χ2n) is 8.91. The Morgan fingerprint density at radius 3 is 2.47 bits per heavy atom. The molecule has 3 amide bonds. The SMILES string of the molecule is CC(C)(C)c1ccc(C2(C)NC(=O)N(Cc3cc(F)cc4cccnc34)C2=O)cc1. The highest BCUT2D eigenvalue weighted by Gasteiger charge is 2.49. The number of carbonyl (C=O) groups is 2. The maximum Gasteiger partial charge on any atom is 0.325 e. The van der Waals surface area contributed by atoms with E-state index in [1.807, 2.05) is 24.3 Å². The number of nitrogens with zero attached hydrogens (tertiary/aromatic N) is 2. The van der Waals surface area contributed by atoms with E-state index in [9.17, 15) is 14.0 Å². The molecular formula is C24H24FN3O2. The lowest BCUT2D eigenvalue weighted by Crippen LogP contribution is -2.40. The molecule has 30 heavy (non-hydrogen) atoms. The highest BCUT2D eigenvalue weighted by atomic mass is 19.1. The molecule has 3 aromatic rings. The average Bonchev–Trinajstić information content (AvgIpc) is 2.91. The predicted octanol–water partition coefficient (Wildman–Crippen LogP) is 4.64. The predicted molar refractivity (Wildman–Crippen MR) is 113 cm³/mol. The molecule has 1 atom stereocenters. The minimum absolute atomic E-state index is 0.0140. The van der Waals surface area contributed by atoms with Crippen molar-refractivity contribution in [2.75, 3.05) is 0 Å². The first-order valence-electron chi connectivity index (χ1n) is 9.88. The number of amides is 3. The molecule has 4 rings (SSSR count). The zero-order valence-corrected chi connectivity index (χ0v) is 17.5. The largest absolute Gasteiger partial charge is 0.325 e. The number of hydrogen-bond donors (Lipinski definition) is 1. The van der Waals surface area contributed by atoms with Crippen LogP contribution in [0.15, 0.2) is 54.7 Å². The number of halogens is 1. The number of fused-ring (bicyclic) bond motifs is 1. The molecule has 1 aliphatic rings. The van der Waals surface area contributed by atoms with Gasteiger partial charge in [0.25, 0.3) is 5.91 Å². The molecule has 1 unspecified atom stereocenters. The molecule has 1 aliphatic heterocycles. The summed E-state index contributed by atoms with van der Waals surface area (Å²) in [7, 11) is 0. The fourth-order valence-electron chi connectivity index (χ4n) is 3.86. The van der Waals surface area contributed by atoms with Crippen molar-refractivity contribution in [3.63, 3.8) is 0 Å². The molecule has 2 aromatic carbocycles. The smallest absolute Gasteiger partial charge is 0.319 e. The van der Waals surface area contributed by atoms with E-state index in [1.54, 1.807) is 25.3 Å². The Labute approximate surface area is 174 Å². The van der Waals surface area contributed by atoms with E-state index in [2.05, 4.69) is 31.1 Å². The minimum Gasteiger partial charge on any atom is -0.319 e. The quantitative estimate of drug-likeness (QED) is 0.646. The van der Waals surface area contributed by atoms with E-state index in [1.165, 1.54) is 12.1 Å². The van der Waals surface area contributed by atoms with Crippen molar-refractivity contribution >= 4 is 22.8 Å². The summed E-state index contributed by atoms with van der Waals surface area (Å²) in [4.78, 5) is 31.4. The van der Waals surface area contributed by atoms with Crippen LogP contribution in [0.25, 0.3) is 10.9 Å². The zero-order chi connectivity index (χ0) is 21.7. The third kappa shape index (κ3) is 3.32. The van der Waals surface area contributed by atoms with Crippen LogP contribution in [0, 0.1) is 5.82 Å². The van der Waals surface area contributed by atoms with Gasteiger partial charge in [-0.1, -0.05) is 51.1 Å². The van der Waals surface area contributed by atoms with Crippen LogP contribution in [0.5, 0.6) is 0 Å². The number of imide groups is 1. The first kappa shape index (κ1) is 20.0. The van der Waals surface area contributed by atoms with Crippen LogP contribution >= 0.6 is 0 Å². The van der Waals surface area contributed by atoms with Gasteiger partial charge < -0.3 is 5.32 Å². The van der Waals surface area contributed by atoms with Gasteiger partial charge >= 0.3 is 6.03 Å². The summed E-state index contributed by atoms with van der Waals surface area (Å²) in [5, 5.41) is 3.44. The Morgan fingerprint density at radius 1 is 1.10 bits per heavy atom. The molecule has 1 saturated heterocycles. The van der Waals surface area contributed by atoms with Crippen molar-refractivity contribution in [3.8, 4) is 0 Å². The van der Waals surface area contributed by atoms with Gasteiger partial charge in [-0.25, -0.2) is 9.18 Å². The molecule has 5 nitrogen and oxygen atoms in total. The topological polar surface area (TPSA) is 62.3 Å². The number of urea groups is 1. The summed E-state index contributed by atoms with van der Waals surface area (Å²) in [6, 6.07) is 13.4. The van der Waals surface area contributed by atoms with E-state index >= 15 is 0 Å². The molecule has 0 saturated carbocycles. The number of nitrogens with one attached hydrogen (secondary N) is 1. The average molecular weight is 405 g/mol. The molecule has 0 spiro atoms. The monoisotopic (exact) mass is 405 g/mol. The summed E-state index contributed by atoms with van der Waals surface area (Å²) >= 11 is 0. The van der Waals surface area contributed by atoms with Gasteiger partial charge in [-0.2, -0.15) is 0 Å². The molecule has 2 heterocycles. The van der Waals surface area contributed by atoms with Gasteiger partial charge in [0.2, 0.25) is 0 Å². The fourth-order valence-corrected chi connectivity index (χ4v) is 3.86. The van der Waals surface area contributed by atoms with Crippen LogP contribution in [0.4, 0.5) is 9.18 Å². The number of aromatic nitrogens is 1. The zero-order valence-electron chi connectivity index (χ0n) is 17.5. The van der Waals surface area contributed by atoms with Crippen LogP contribution < -0.4 is 5.32 Å². The Balaban J connectivity index is 1.67. The van der Waals surface area contributed by atoms with Crippen molar-refractivity contribution < 1.29 is 14.0 Å². The second kappa shape index (κ2) is 6.90. The molecule has 1 aromatic heterocycles. The van der Waals surface area contributed by atoms with Crippen molar-refractivity contribution in [2.24, 2.45) is 0 Å². The van der Waals surface area contributed by atoms with E-state index in [4.69, 9.17) is 0 Å². The van der Waals surface area contributed by atoms with Gasteiger partial charge in [-0.05, 0) is 41.7 Å². The Kier molecular flexibility index (Phi) is 4.60. The maximum absolute atomic E-state index is 14.1. The molecule has 1 N–H and O–H groups in total. The van der Waals surface area contributed by atoms with E-state index < -0.39 is 17.4 Å². The standard InChI is InChI=1S/C24H24FN3O2/c1-23(2,3)17-7-9-18(10-8-17)24(4)21(29)28(22(30)27-24)14-16-13-19(25)12-15-6-5-11-26-20(15)16/h5-13H,14H2,1-4H3,(H,27,30). The molecular weight excluding hydrogens is 381 g/mol. The van der Waals surface area contributed by atoms with Gasteiger partial charge in [0, 0.05) is 17.1 Å². The third-order valence-corrected chi connectivity index (χ3v) is 5.68. The summed E-state index contributed by atoms with van der Waals surface area (Å²) in [5.74, 6) is -0.803. The first-order chi connectivity index (χ1) is 14.1. The first-order valence-corrected chi connectivity index (χ1v) is 9.88. The Hall–Kier alpha value is -3.28. The molecule has 154 valence electrons. The highest BCUT2D eigenvalue weighted by Crippen LogP contribution is 2.32. The molecule has 1 fully saturated rings. The van der Waals surface area contributed by atoms with Crippen LogP contribution in [0.2, 0.25) is 0 Å². The van der Waals surface area contributed by atoms with Gasteiger partial charge in [-0.3, -0.25) is 14.7 Å². The summed E-state index contributed by atoms with van der Waals surface area (Å²) in [5.41, 5.74) is 1.72. The summed E-state index contributed by atoms with van der Waals surface area (Å²) in [6.07, 6.45) is 1.61. The lowest BCUT2D eigenvalue weighted by molar-refractivity contribution is -0.131. The fraction of sp³-hybridized carbons (Fsp3) is 0.292. The van der Waals surface area contributed by atoms with E-state index in [0.717, 1.165) is 10.5 Å². The van der Waals surface area contributed by atoms with E-state index in [0.29, 0.717) is 22.0 Å². The maximum atomic E-state index is 14.1. The van der Waals surface area contributed by atoms with Crippen molar-refractivity contribution in [2.45, 2.75) is 45.2 Å². The Morgan fingerprint density at radius 2 is 1.80 bits per heavy atom. The lowest BCUT2D eigenvalue weighted by atomic mass is 9.84. The summed E-state index contributed by atoms with van der Waals surface area (Å²) < 4.78 is 14.1. The van der Waals surface area contributed by atoms with Crippen LogP contribution in [0.3, 0.4) is 0 Å². The molecule has 0 aliphatic carbocycles. The van der Waals surface area contributed by atoms with Gasteiger partial charge in [-0.15, -0.1) is 0 Å². The lowest BCUT2D eigenvalue weighted by Gasteiger charge is -2.24. The van der Waals surface area contributed by atoms with Crippen molar-refractivity contribution in [1.29, 1.82) is 0 Å². The van der Waals surface area contributed by atoms with Gasteiger partial charge in [0.05, 0.1) is 12.1 Å². The Bertz CT molecular complexity index is 1150. The number of rotatable bonds is 3. The number of hydrogen-bond acceptors (Lipinski definition) is 3. The number of benzene rings is 2. The molecule has 0 bridgehead atoms. The highest BCUT2D eigenvalue weighted by molar-refractivity contribution is 6.07. The van der Waals surface area contributed by atoms with Crippen LogP contribution in [-0.4, -0.2) is 21.8 Å². The van der Waals surface area contributed by atoms with Crippen molar-refractivity contribution in [3.05, 3.63) is 77.2 Å². The summed E-state index contributed by atoms with van der Waals surface area (Å²) in [6.45, 7) is 7.99. The van der Waals surface area contributed by atoms with Crippen molar-refractivity contribution in [1.82, 2.24) is 15.2 Å². The van der Waals surface area contributed by atoms with Crippen LogP contribution in [-0.2, 0) is 22.3 Å². The molecule has 6 heteroatoms. The molecule has 0 radical (unpaired) electrons. The number of carbonyl (C=O) groups excluding carboxylic acids is 2. The second-order valence-corrected chi connectivity index (χ2v) is 8.91. The van der Waals surface area contributed by atoms with Gasteiger partial charge in [0.1, 0.15) is 11.4 Å². The normalized spacial score (nSPS) is 19.4. The van der Waals surface area contributed by atoms with Crippen LogP contribution in [0.1, 0.15) is 44.4 Å². The number of pyridine rings is 1.